The van der Waals surface area contributed by atoms with E-state index in [-0.39, 0.29) is 12.5 Å². The molecule has 2 aromatic carbocycles. The lowest BCUT2D eigenvalue weighted by atomic mass is 10.1. The summed E-state index contributed by atoms with van der Waals surface area (Å²) >= 11 is 0. The van der Waals surface area contributed by atoms with Gasteiger partial charge in [0.2, 0.25) is 5.91 Å². The summed E-state index contributed by atoms with van der Waals surface area (Å²) in [6.07, 6.45) is 10.7. The van der Waals surface area contributed by atoms with Crippen molar-refractivity contribution in [1.82, 2.24) is 20.3 Å². The maximum atomic E-state index is 12.2. The number of ether oxygens (including phenoxy) is 2. The number of methoxy groups -OCH3 is 1. The normalized spacial score (nSPS) is 11.2. The number of aryl methyl sites for hydroxylation is 1. The van der Waals surface area contributed by atoms with Crippen LogP contribution in [0.1, 0.15) is 63.3 Å². The second kappa shape index (κ2) is 14.1. The van der Waals surface area contributed by atoms with Crippen LogP contribution in [0.5, 0.6) is 11.5 Å². The van der Waals surface area contributed by atoms with Gasteiger partial charge in [-0.25, -0.2) is 4.68 Å². The molecule has 0 aliphatic carbocycles. The van der Waals surface area contributed by atoms with Gasteiger partial charge >= 0.3 is 0 Å². The summed E-state index contributed by atoms with van der Waals surface area (Å²) in [5.41, 5.74) is 3.90. The largest absolute Gasteiger partial charge is 0.493 e. The zero-order chi connectivity index (χ0) is 25.8. The highest BCUT2D eigenvalue weighted by molar-refractivity contribution is 5.75. The molecule has 36 heavy (non-hydrogen) atoms. The van der Waals surface area contributed by atoms with Crippen molar-refractivity contribution in [1.29, 1.82) is 0 Å². The van der Waals surface area contributed by atoms with Gasteiger partial charge in [-0.05, 0) is 67.0 Å². The number of unbranched alkanes of at least 4 members (excludes halogenated alkanes) is 2. The van der Waals surface area contributed by atoms with Crippen LogP contribution in [0.25, 0.3) is 5.69 Å². The Balaban J connectivity index is 1.46. The molecular weight excluding hydrogens is 452 g/mol. The average molecular weight is 491 g/mol. The monoisotopic (exact) mass is 490 g/mol. The van der Waals surface area contributed by atoms with Crippen LogP contribution < -0.4 is 14.8 Å². The molecule has 0 aliphatic heterocycles. The fourth-order valence-electron chi connectivity index (χ4n) is 3.67. The summed E-state index contributed by atoms with van der Waals surface area (Å²) in [6.45, 7) is 7.18. The van der Waals surface area contributed by atoms with E-state index in [2.05, 4.69) is 60.7 Å². The standard InChI is InChI=1S/C29H38N4O3/c1-5-23-12-15-26(16-13-23)33-20-25(31-32-33)21-36-27-17-14-24(18-28(27)35-4)19-30-29(34)11-9-7-6-8-10-22(2)3/h8,10,12-18,20,22H,5-7,9,11,19,21H2,1-4H3,(H,30,34)/b10-8+. The molecule has 1 aromatic heterocycles. The van der Waals surface area contributed by atoms with Crippen LogP contribution >= 0.6 is 0 Å². The van der Waals surface area contributed by atoms with Gasteiger partial charge in [0, 0.05) is 13.0 Å². The summed E-state index contributed by atoms with van der Waals surface area (Å²) in [5, 5.41) is 11.4. The Morgan fingerprint density at radius 3 is 2.58 bits per heavy atom. The van der Waals surface area contributed by atoms with Crippen LogP contribution in [0.4, 0.5) is 0 Å². The average Bonchev–Trinajstić information content (AvgIpc) is 3.37. The second-order valence-corrected chi connectivity index (χ2v) is 9.14. The summed E-state index contributed by atoms with van der Waals surface area (Å²) < 4.78 is 13.2. The fraction of sp³-hybridized carbons (Fsp3) is 0.414. The highest BCUT2D eigenvalue weighted by Crippen LogP contribution is 2.28. The van der Waals surface area contributed by atoms with Crippen LogP contribution in [0.2, 0.25) is 0 Å². The number of allylic oxidation sites excluding steroid dienone is 2. The van der Waals surface area contributed by atoms with Crippen molar-refractivity contribution in [3.05, 3.63) is 77.6 Å². The first-order chi connectivity index (χ1) is 17.5. The molecule has 0 bridgehead atoms. The van der Waals surface area contributed by atoms with Gasteiger partial charge in [0.15, 0.2) is 11.5 Å². The number of carbonyl (C=O) groups excluding carboxylic acids is 1. The molecule has 192 valence electrons. The molecule has 0 fully saturated rings. The van der Waals surface area contributed by atoms with Gasteiger partial charge in [0.25, 0.3) is 0 Å². The quantitative estimate of drug-likeness (QED) is 0.228. The van der Waals surface area contributed by atoms with Gasteiger partial charge in [-0.1, -0.05) is 56.3 Å². The van der Waals surface area contributed by atoms with Crippen molar-refractivity contribution in [2.45, 2.75) is 66.0 Å². The summed E-state index contributed by atoms with van der Waals surface area (Å²) in [6, 6.07) is 13.9. The molecule has 1 amide bonds. The Morgan fingerprint density at radius 2 is 1.86 bits per heavy atom. The molecular formula is C29H38N4O3. The smallest absolute Gasteiger partial charge is 0.220 e. The SMILES string of the molecule is CCc1ccc(-n2cc(COc3ccc(CNC(=O)CCCC/C=C/C(C)C)cc3OC)nn2)cc1. The molecule has 7 heteroatoms. The predicted octanol–water partition coefficient (Wildman–Crippen LogP) is 5.81. The van der Waals surface area contributed by atoms with Gasteiger partial charge in [0.05, 0.1) is 19.0 Å². The maximum absolute atomic E-state index is 12.2. The Hall–Kier alpha value is -3.61. The van der Waals surface area contributed by atoms with E-state index in [9.17, 15) is 4.79 Å². The first kappa shape index (κ1) is 27.0. The molecule has 7 nitrogen and oxygen atoms in total. The lowest BCUT2D eigenvalue weighted by molar-refractivity contribution is -0.121. The van der Waals surface area contributed by atoms with Crippen LogP contribution in [0.15, 0.2) is 60.8 Å². The number of hydrogen-bond acceptors (Lipinski definition) is 5. The van der Waals surface area contributed by atoms with Gasteiger partial charge in [-0.3, -0.25) is 4.79 Å². The molecule has 0 saturated heterocycles. The molecule has 0 spiro atoms. The molecule has 0 saturated carbocycles. The summed E-state index contributed by atoms with van der Waals surface area (Å²) in [4.78, 5) is 12.2. The Labute approximate surface area is 214 Å². The van der Waals surface area contributed by atoms with E-state index < -0.39 is 0 Å². The van der Waals surface area contributed by atoms with Crippen molar-refractivity contribution < 1.29 is 14.3 Å². The predicted molar refractivity (Wildman–Crippen MR) is 142 cm³/mol. The van der Waals surface area contributed by atoms with Crippen molar-refractivity contribution in [3.63, 3.8) is 0 Å². The van der Waals surface area contributed by atoms with E-state index in [1.54, 1.807) is 11.8 Å². The van der Waals surface area contributed by atoms with Gasteiger partial charge < -0.3 is 14.8 Å². The van der Waals surface area contributed by atoms with Crippen LogP contribution in [0, 0.1) is 5.92 Å². The molecule has 0 atom stereocenters. The van der Waals surface area contributed by atoms with Crippen molar-refractivity contribution in [3.8, 4) is 17.2 Å². The number of nitrogens with one attached hydrogen (secondary N) is 1. The minimum absolute atomic E-state index is 0.0644. The molecule has 1 N–H and O–H groups in total. The van der Waals surface area contributed by atoms with Crippen LogP contribution in [-0.4, -0.2) is 28.0 Å². The minimum atomic E-state index is 0.0644. The zero-order valence-electron chi connectivity index (χ0n) is 21.9. The topological polar surface area (TPSA) is 78.3 Å². The molecule has 1 heterocycles. The number of carbonyl (C=O) groups is 1. The highest BCUT2D eigenvalue weighted by Gasteiger charge is 2.10. The van der Waals surface area contributed by atoms with E-state index in [1.807, 2.05) is 36.5 Å². The number of benzene rings is 2. The third kappa shape index (κ3) is 8.56. The lowest BCUT2D eigenvalue weighted by Crippen LogP contribution is -2.22. The van der Waals surface area contributed by atoms with Crippen molar-refractivity contribution >= 4 is 5.91 Å². The van der Waals surface area contributed by atoms with Gasteiger partial charge in [-0.15, -0.1) is 5.10 Å². The van der Waals surface area contributed by atoms with E-state index >= 15 is 0 Å². The third-order valence-electron chi connectivity index (χ3n) is 5.79. The maximum Gasteiger partial charge on any atom is 0.220 e. The van der Waals surface area contributed by atoms with Crippen LogP contribution in [-0.2, 0) is 24.4 Å². The van der Waals surface area contributed by atoms with Crippen molar-refractivity contribution in [2.75, 3.05) is 7.11 Å². The van der Waals surface area contributed by atoms with Gasteiger partial charge in [-0.2, -0.15) is 0 Å². The number of amides is 1. The Morgan fingerprint density at radius 1 is 1.08 bits per heavy atom. The lowest BCUT2D eigenvalue weighted by Gasteiger charge is -2.12. The first-order valence-electron chi connectivity index (χ1n) is 12.7. The molecule has 0 radical (unpaired) electrons. The van der Waals surface area contributed by atoms with E-state index in [1.165, 1.54) is 5.56 Å². The Kier molecular flexibility index (Phi) is 10.5. The molecule has 3 rings (SSSR count). The molecule has 3 aromatic rings. The molecule has 0 unspecified atom stereocenters. The van der Waals surface area contributed by atoms with E-state index in [4.69, 9.17) is 9.47 Å². The molecule has 0 aliphatic rings. The van der Waals surface area contributed by atoms with E-state index in [0.29, 0.717) is 36.1 Å². The van der Waals surface area contributed by atoms with Gasteiger partial charge in [0.1, 0.15) is 12.3 Å². The second-order valence-electron chi connectivity index (χ2n) is 9.14. The number of rotatable bonds is 14. The van der Waals surface area contributed by atoms with E-state index in [0.717, 1.165) is 36.9 Å². The number of nitrogens with zero attached hydrogens (tertiary/aromatic N) is 3. The number of hydrogen-bond donors (Lipinski definition) is 1. The highest BCUT2D eigenvalue weighted by atomic mass is 16.5. The summed E-state index contributed by atoms with van der Waals surface area (Å²) in [5.74, 6) is 1.87. The first-order valence-corrected chi connectivity index (χ1v) is 12.7. The summed E-state index contributed by atoms with van der Waals surface area (Å²) in [7, 11) is 1.61. The number of aromatic nitrogens is 3. The fourth-order valence-corrected chi connectivity index (χ4v) is 3.67. The minimum Gasteiger partial charge on any atom is -0.493 e. The van der Waals surface area contributed by atoms with Crippen molar-refractivity contribution in [2.24, 2.45) is 5.92 Å². The van der Waals surface area contributed by atoms with Crippen LogP contribution in [0.3, 0.4) is 0 Å². The zero-order valence-corrected chi connectivity index (χ0v) is 21.9. The Bertz CT molecular complexity index is 1120. The third-order valence-corrected chi connectivity index (χ3v) is 5.79.